The van der Waals surface area contributed by atoms with Crippen LogP contribution >= 0.6 is 0 Å². The molecule has 1 saturated carbocycles. The van der Waals surface area contributed by atoms with E-state index in [2.05, 4.69) is 31.1 Å². The van der Waals surface area contributed by atoms with Gasteiger partial charge in [0.25, 0.3) is 5.91 Å². The maximum absolute atomic E-state index is 11.9. The van der Waals surface area contributed by atoms with Crippen molar-refractivity contribution in [3.63, 3.8) is 0 Å². The number of rotatable bonds is 3. The highest BCUT2D eigenvalue weighted by Gasteiger charge is 2.52. The molecule has 1 aromatic heterocycles. The van der Waals surface area contributed by atoms with Crippen molar-refractivity contribution < 1.29 is 4.79 Å². The van der Waals surface area contributed by atoms with E-state index < -0.39 is 0 Å². The van der Waals surface area contributed by atoms with Gasteiger partial charge in [0, 0.05) is 12.1 Å². The topological polar surface area (TPSA) is 62.0 Å². The second kappa shape index (κ2) is 4.02. The first-order valence-electron chi connectivity index (χ1n) is 5.93. The van der Waals surface area contributed by atoms with E-state index in [1.165, 1.54) is 6.07 Å². The Balaban J connectivity index is 2.03. The zero-order valence-electron chi connectivity index (χ0n) is 10.4. The summed E-state index contributed by atoms with van der Waals surface area (Å²) in [6.07, 6.45) is 1.01. The molecule has 4 nitrogen and oxygen atoms in total. The maximum Gasteiger partial charge on any atom is 0.268 e. The number of H-pyrrole nitrogens is 1. The highest BCUT2D eigenvalue weighted by molar-refractivity contribution is 5.92. The van der Waals surface area contributed by atoms with Gasteiger partial charge < -0.3 is 10.3 Å². The van der Waals surface area contributed by atoms with Crippen LogP contribution in [0, 0.1) is 11.3 Å². The molecule has 0 bridgehead atoms. The van der Waals surface area contributed by atoms with Gasteiger partial charge in [-0.15, -0.1) is 0 Å². The van der Waals surface area contributed by atoms with Crippen LogP contribution in [0.15, 0.2) is 23.0 Å². The van der Waals surface area contributed by atoms with Crippen molar-refractivity contribution in [1.82, 2.24) is 10.3 Å². The van der Waals surface area contributed by atoms with Crippen LogP contribution in [0.1, 0.15) is 37.7 Å². The molecule has 0 radical (unpaired) electrons. The molecule has 1 aliphatic rings. The van der Waals surface area contributed by atoms with E-state index in [1.54, 1.807) is 12.1 Å². The fourth-order valence-corrected chi connectivity index (χ4v) is 2.05. The second-order valence-corrected chi connectivity index (χ2v) is 5.32. The van der Waals surface area contributed by atoms with E-state index >= 15 is 0 Å². The Bertz CT molecular complexity index is 492. The molecular weight excluding hydrogens is 216 g/mol. The lowest BCUT2D eigenvalue weighted by atomic mass is 9.94. The number of hydrogen-bond donors (Lipinski definition) is 2. The van der Waals surface area contributed by atoms with Crippen molar-refractivity contribution in [3.8, 4) is 0 Å². The molecule has 2 N–H and O–H groups in total. The Kier molecular flexibility index (Phi) is 2.81. The third-order valence-electron chi connectivity index (χ3n) is 3.92. The molecule has 1 heterocycles. The molecule has 1 aliphatic carbocycles. The molecule has 0 aliphatic heterocycles. The van der Waals surface area contributed by atoms with Gasteiger partial charge in [-0.25, -0.2) is 0 Å². The molecule has 0 spiro atoms. The van der Waals surface area contributed by atoms with Crippen LogP contribution in [0.25, 0.3) is 0 Å². The van der Waals surface area contributed by atoms with Crippen LogP contribution in [-0.4, -0.2) is 16.9 Å². The average Bonchev–Trinajstić information content (AvgIpc) is 2.91. The molecule has 92 valence electrons. The fourth-order valence-electron chi connectivity index (χ4n) is 2.05. The van der Waals surface area contributed by atoms with Crippen molar-refractivity contribution in [1.29, 1.82) is 0 Å². The smallest absolute Gasteiger partial charge is 0.268 e. The molecule has 2 unspecified atom stereocenters. The van der Waals surface area contributed by atoms with E-state index in [0.29, 0.717) is 11.6 Å². The minimum Gasteiger partial charge on any atom is -0.347 e. The van der Waals surface area contributed by atoms with Gasteiger partial charge in [-0.1, -0.05) is 26.8 Å². The van der Waals surface area contributed by atoms with Crippen LogP contribution in [0.4, 0.5) is 0 Å². The summed E-state index contributed by atoms with van der Waals surface area (Å²) in [4.78, 5) is 25.5. The van der Waals surface area contributed by atoms with E-state index in [1.807, 2.05) is 0 Å². The first kappa shape index (κ1) is 11.9. The van der Waals surface area contributed by atoms with Crippen LogP contribution in [-0.2, 0) is 0 Å². The van der Waals surface area contributed by atoms with Gasteiger partial charge in [-0.3, -0.25) is 9.59 Å². The van der Waals surface area contributed by atoms with Gasteiger partial charge in [0.1, 0.15) is 5.69 Å². The van der Waals surface area contributed by atoms with E-state index in [0.717, 1.165) is 6.42 Å². The summed E-state index contributed by atoms with van der Waals surface area (Å²) < 4.78 is 0. The molecule has 2 rings (SSSR count). The molecule has 1 amide bonds. The Labute approximate surface area is 100 Å². The van der Waals surface area contributed by atoms with Crippen molar-refractivity contribution >= 4 is 5.91 Å². The largest absolute Gasteiger partial charge is 0.347 e. The molecule has 0 saturated heterocycles. The lowest BCUT2D eigenvalue weighted by molar-refractivity contribution is 0.0938. The average molecular weight is 234 g/mol. The molecule has 1 fully saturated rings. The first-order chi connectivity index (χ1) is 7.93. The van der Waals surface area contributed by atoms with Crippen LogP contribution in [0.3, 0.4) is 0 Å². The third-order valence-corrected chi connectivity index (χ3v) is 3.92. The Morgan fingerprint density at radius 3 is 2.76 bits per heavy atom. The van der Waals surface area contributed by atoms with Crippen molar-refractivity contribution in [2.24, 2.45) is 11.3 Å². The number of hydrogen-bond acceptors (Lipinski definition) is 2. The van der Waals surface area contributed by atoms with E-state index in [4.69, 9.17) is 0 Å². The lowest BCUT2D eigenvalue weighted by Crippen LogP contribution is -2.32. The highest BCUT2D eigenvalue weighted by atomic mass is 16.2. The standard InChI is InChI=1S/C13H18N2O2/c1-8(2)13(3)7-10(13)15-12(17)9-5-4-6-11(16)14-9/h4-6,8,10H,7H2,1-3H3,(H,14,16)(H,15,17). The molecule has 1 aromatic rings. The summed E-state index contributed by atoms with van der Waals surface area (Å²) in [7, 11) is 0. The lowest BCUT2D eigenvalue weighted by Gasteiger charge is -2.16. The second-order valence-electron chi connectivity index (χ2n) is 5.32. The first-order valence-corrected chi connectivity index (χ1v) is 5.93. The van der Waals surface area contributed by atoms with Gasteiger partial charge in [-0.05, 0) is 23.8 Å². The van der Waals surface area contributed by atoms with Crippen molar-refractivity contribution in [3.05, 3.63) is 34.2 Å². The number of pyridine rings is 1. The Morgan fingerprint density at radius 1 is 1.53 bits per heavy atom. The summed E-state index contributed by atoms with van der Waals surface area (Å²) in [6.45, 7) is 6.50. The van der Waals surface area contributed by atoms with E-state index in [9.17, 15) is 9.59 Å². The van der Waals surface area contributed by atoms with Crippen LogP contribution in [0.5, 0.6) is 0 Å². The third kappa shape index (κ3) is 2.25. The summed E-state index contributed by atoms with van der Waals surface area (Å²) in [6, 6.07) is 4.82. The Morgan fingerprint density at radius 2 is 2.24 bits per heavy atom. The summed E-state index contributed by atoms with van der Waals surface area (Å²) in [5.41, 5.74) is 0.278. The quantitative estimate of drug-likeness (QED) is 0.833. The number of aromatic nitrogens is 1. The minimum absolute atomic E-state index is 0.197. The predicted octanol–water partition coefficient (Wildman–Crippen LogP) is 1.54. The minimum atomic E-state index is -0.250. The normalized spacial score (nSPS) is 26.9. The van der Waals surface area contributed by atoms with Crippen LogP contribution in [0.2, 0.25) is 0 Å². The number of carbonyl (C=O) groups is 1. The van der Waals surface area contributed by atoms with Crippen LogP contribution < -0.4 is 10.9 Å². The number of carbonyl (C=O) groups excluding carboxylic acids is 1. The Hall–Kier alpha value is -1.58. The van der Waals surface area contributed by atoms with Gasteiger partial charge >= 0.3 is 0 Å². The molecule has 0 aromatic carbocycles. The zero-order valence-corrected chi connectivity index (χ0v) is 10.4. The fraction of sp³-hybridized carbons (Fsp3) is 0.538. The monoisotopic (exact) mass is 234 g/mol. The SMILES string of the molecule is CC(C)C1(C)CC1NC(=O)c1cccc(=O)[nH]1. The van der Waals surface area contributed by atoms with Gasteiger partial charge in [-0.2, -0.15) is 0 Å². The zero-order chi connectivity index (χ0) is 12.6. The van der Waals surface area contributed by atoms with E-state index in [-0.39, 0.29) is 22.9 Å². The number of aromatic amines is 1. The van der Waals surface area contributed by atoms with Crippen molar-refractivity contribution in [2.75, 3.05) is 0 Å². The maximum atomic E-state index is 11.9. The number of nitrogens with one attached hydrogen (secondary N) is 2. The number of amides is 1. The molecule has 17 heavy (non-hydrogen) atoms. The molecular formula is C13H18N2O2. The summed E-state index contributed by atoms with van der Waals surface area (Å²) in [5.74, 6) is 0.347. The van der Waals surface area contributed by atoms with Crippen molar-refractivity contribution in [2.45, 2.75) is 33.2 Å². The summed E-state index contributed by atoms with van der Waals surface area (Å²) >= 11 is 0. The van der Waals surface area contributed by atoms with Gasteiger partial charge in [0.2, 0.25) is 5.56 Å². The van der Waals surface area contributed by atoms with Gasteiger partial charge in [0.15, 0.2) is 0 Å². The molecule has 2 atom stereocenters. The highest BCUT2D eigenvalue weighted by Crippen LogP contribution is 2.51. The summed E-state index contributed by atoms with van der Waals surface area (Å²) in [5, 5.41) is 2.96. The molecule has 4 heteroatoms. The predicted molar refractivity (Wildman–Crippen MR) is 65.9 cm³/mol. The van der Waals surface area contributed by atoms with Gasteiger partial charge in [0.05, 0.1) is 0 Å².